The first-order valence-electron chi connectivity index (χ1n) is 5.53. The highest BCUT2D eigenvalue weighted by Gasteiger charge is 2.21. The molecule has 0 aliphatic heterocycles. The number of halogens is 1. The van der Waals surface area contributed by atoms with E-state index in [1.54, 1.807) is 39.2 Å². The first-order chi connectivity index (χ1) is 8.33. The molecule has 1 aromatic heterocycles. The molecule has 1 rings (SSSR count). The van der Waals surface area contributed by atoms with E-state index in [2.05, 4.69) is 26.2 Å². The number of amides is 1. The van der Waals surface area contributed by atoms with Crippen molar-refractivity contribution in [3.05, 3.63) is 28.5 Å². The summed E-state index contributed by atoms with van der Waals surface area (Å²) in [5.41, 5.74) is 0.179. The SMILES string of the molecule is CC(C)(C)OC(=O)N[C@@H](CO)c1ccncc1Br. The smallest absolute Gasteiger partial charge is 0.408 e. The van der Waals surface area contributed by atoms with Gasteiger partial charge in [0, 0.05) is 16.9 Å². The number of nitrogens with zero attached hydrogens (tertiary/aromatic N) is 1. The zero-order valence-electron chi connectivity index (χ0n) is 10.6. The van der Waals surface area contributed by atoms with Crippen LogP contribution < -0.4 is 5.32 Å². The molecule has 2 N–H and O–H groups in total. The molecule has 0 spiro atoms. The molecule has 1 heterocycles. The molecule has 1 aromatic rings. The lowest BCUT2D eigenvalue weighted by Crippen LogP contribution is -2.36. The first kappa shape index (κ1) is 14.9. The Morgan fingerprint density at radius 3 is 2.78 bits per heavy atom. The van der Waals surface area contributed by atoms with Crippen molar-refractivity contribution in [2.24, 2.45) is 0 Å². The Morgan fingerprint density at radius 1 is 1.61 bits per heavy atom. The van der Waals surface area contributed by atoms with E-state index in [0.29, 0.717) is 0 Å². The van der Waals surface area contributed by atoms with Crippen molar-refractivity contribution >= 4 is 22.0 Å². The molecule has 0 radical (unpaired) electrons. The van der Waals surface area contributed by atoms with Crippen LogP contribution >= 0.6 is 15.9 Å². The summed E-state index contributed by atoms with van der Waals surface area (Å²) < 4.78 is 5.86. The zero-order chi connectivity index (χ0) is 13.8. The minimum atomic E-state index is -0.570. The van der Waals surface area contributed by atoms with Crippen molar-refractivity contribution in [3.8, 4) is 0 Å². The minimum absolute atomic E-state index is 0.220. The Bertz CT molecular complexity index is 418. The second-order valence-corrected chi connectivity index (χ2v) is 5.63. The van der Waals surface area contributed by atoms with Crippen LogP contribution in [0, 0.1) is 0 Å². The number of carbonyl (C=O) groups is 1. The van der Waals surface area contributed by atoms with Gasteiger partial charge in [-0.25, -0.2) is 4.79 Å². The number of ether oxygens (including phenoxy) is 1. The molecule has 0 saturated carbocycles. The molecule has 1 atom stereocenters. The lowest BCUT2D eigenvalue weighted by atomic mass is 10.1. The van der Waals surface area contributed by atoms with Gasteiger partial charge in [0.15, 0.2) is 0 Å². The molecule has 5 nitrogen and oxygen atoms in total. The van der Waals surface area contributed by atoms with E-state index >= 15 is 0 Å². The van der Waals surface area contributed by atoms with Gasteiger partial charge in [-0.2, -0.15) is 0 Å². The van der Waals surface area contributed by atoms with Gasteiger partial charge in [0.2, 0.25) is 0 Å². The van der Waals surface area contributed by atoms with Crippen molar-refractivity contribution in [2.45, 2.75) is 32.4 Å². The molecule has 0 aliphatic rings. The van der Waals surface area contributed by atoms with Gasteiger partial charge in [-0.05, 0) is 48.3 Å². The van der Waals surface area contributed by atoms with Crippen LogP contribution in [0.1, 0.15) is 32.4 Å². The Morgan fingerprint density at radius 2 is 2.28 bits per heavy atom. The summed E-state index contributed by atoms with van der Waals surface area (Å²) in [6.45, 7) is 5.12. The van der Waals surface area contributed by atoms with Crippen LogP contribution in [0.4, 0.5) is 4.79 Å². The molecule has 100 valence electrons. The molecule has 18 heavy (non-hydrogen) atoms. The quantitative estimate of drug-likeness (QED) is 0.898. The van der Waals surface area contributed by atoms with E-state index in [0.717, 1.165) is 10.0 Å². The zero-order valence-corrected chi connectivity index (χ0v) is 12.2. The number of hydrogen-bond donors (Lipinski definition) is 2. The Labute approximate surface area is 115 Å². The number of aromatic nitrogens is 1. The molecule has 0 aromatic carbocycles. The highest BCUT2D eigenvalue weighted by molar-refractivity contribution is 9.10. The number of pyridine rings is 1. The predicted molar refractivity (Wildman–Crippen MR) is 71.1 cm³/mol. The number of carbonyl (C=O) groups excluding carboxylic acids is 1. The summed E-state index contributed by atoms with van der Waals surface area (Å²) in [5, 5.41) is 12.0. The van der Waals surface area contributed by atoms with Crippen LogP contribution in [0.15, 0.2) is 22.9 Å². The lowest BCUT2D eigenvalue weighted by molar-refractivity contribution is 0.0481. The third-order valence-electron chi connectivity index (χ3n) is 2.05. The number of nitrogens with one attached hydrogen (secondary N) is 1. The fraction of sp³-hybridized carbons (Fsp3) is 0.500. The second kappa shape index (κ2) is 6.15. The maximum absolute atomic E-state index is 11.6. The minimum Gasteiger partial charge on any atom is -0.444 e. The van der Waals surface area contributed by atoms with Gasteiger partial charge in [-0.1, -0.05) is 0 Å². The van der Waals surface area contributed by atoms with E-state index in [4.69, 9.17) is 4.74 Å². The van der Waals surface area contributed by atoms with Crippen LogP contribution in [0.3, 0.4) is 0 Å². The molecule has 0 fully saturated rings. The van der Waals surface area contributed by atoms with Crippen LogP contribution in [0.25, 0.3) is 0 Å². The van der Waals surface area contributed by atoms with Gasteiger partial charge in [0.1, 0.15) is 5.60 Å². The van der Waals surface area contributed by atoms with Gasteiger partial charge in [0.05, 0.1) is 12.6 Å². The number of alkyl carbamates (subject to hydrolysis) is 1. The van der Waals surface area contributed by atoms with E-state index in [1.165, 1.54) is 0 Å². The van der Waals surface area contributed by atoms with Crippen molar-refractivity contribution < 1.29 is 14.6 Å². The van der Waals surface area contributed by atoms with Crippen molar-refractivity contribution in [3.63, 3.8) is 0 Å². The molecule has 6 heteroatoms. The summed E-state index contributed by atoms with van der Waals surface area (Å²) in [5.74, 6) is 0. The van der Waals surface area contributed by atoms with Crippen LogP contribution in [-0.2, 0) is 4.74 Å². The molecular formula is C12H17BrN2O3. The van der Waals surface area contributed by atoms with E-state index in [-0.39, 0.29) is 6.61 Å². The second-order valence-electron chi connectivity index (χ2n) is 4.78. The van der Waals surface area contributed by atoms with Gasteiger partial charge in [0.25, 0.3) is 0 Å². The van der Waals surface area contributed by atoms with Gasteiger partial charge in [-0.3, -0.25) is 4.98 Å². The molecule has 0 unspecified atom stereocenters. The Hall–Kier alpha value is -1.14. The van der Waals surface area contributed by atoms with Crippen molar-refractivity contribution in [2.75, 3.05) is 6.61 Å². The third kappa shape index (κ3) is 4.62. The largest absolute Gasteiger partial charge is 0.444 e. The number of aliphatic hydroxyl groups is 1. The maximum atomic E-state index is 11.6. The monoisotopic (exact) mass is 316 g/mol. The standard InChI is InChI=1S/C12H17BrN2O3/c1-12(2,3)18-11(17)15-10(7-16)8-4-5-14-6-9(8)13/h4-6,10,16H,7H2,1-3H3,(H,15,17)/t10-/m0/s1. The summed E-state index contributed by atoms with van der Waals surface area (Å²) in [6, 6.07) is 1.19. The van der Waals surface area contributed by atoms with E-state index in [9.17, 15) is 9.90 Å². The van der Waals surface area contributed by atoms with Crippen LogP contribution in [0.5, 0.6) is 0 Å². The molecule has 1 amide bonds. The van der Waals surface area contributed by atoms with Crippen molar-refractivity contribution in [1.82, 2.24) is 10.3 Å². The summed E-state index contributed by atoms with van der Waals surface area (Å²) in [4.78, 5) is 15.6. The summed E-state index contributed by atoms with van der Waals surface area (Å²) in [6.07, 6.45) is 2.64. The predicted octanol–water partition coefficient (Wildman–Crippen LogP) is 2.40. The van der Waals surface area contributed by atoms with Crippen molar-refractivity contribution in [1.29, 1.82) is 0 Å². The lowest BCUT2D eigenvalue weighted by Gasteiger charge is -2.23. The Kier molecular flexibility index (Phi) is 5.10. The first-order valence-corrected chi connectivity index (χ1v) is 6.32. The van der Waals surface area contributed by atoms with Gasteiger partial charge < -0.3 is 15.2 Å². The van der Waals surface area contributed by atoms with E-state index < -0.39 is 17.7 Å². The summed E-state index contributed by atoms with van der Waals surface area (Å²) >= 11 is 3.32. The third-order valence-corrected chi connectivity index (χ3v) is 2.72. The molecule has 0 bridgehead atoms. The number of rotatable bonds is 3. The normalized spacial score (nSPS) is 12.9. The molecular weight excluding hydrogens is 300 g/mol. The van der Waals surface area contributed by atoms with Gasteiger partial charge >= 0.3 is 6.09 Å². The summed E-state index contributed by atoms with van der Waals surface area (Å²) in [7, 11) is 0. The molecule has 0 aliphatic carbocycles. The number of aliphatic hydroxyl groups excluding tert-OH is 1. The van der Waals surface area contributed by atoms with Gasteiger partial charge in [-0.15, -0.1) is 0 Å². The fourth-order valence-electron chi connectivity index (χ4n) is 1.34. The molecule has 0 saturated heterocycles. The fourth-order valence-corrected chi connectivity index (χ4v) is 1.87. The highest BCUT2D eigenvalue weighted by atomic mass is 79.9. The van der Waals surface area contributed by atoms with Crippen LogP contribution in [-0.4, -0.2) is 28.4 Å². The van der Waals surface area contributed by atoms with Crippen LogP contribution in [0.2, 0.25) is 0 Å². The topological polar surface area (TPSA) is 71.5 Å². The Balaban J connectivity index is 2.74. The number of hydrogen-bond acceptors (Lipinski definition) is 4. The average Bonchev–Trinajstić information content (AvgIpc) is 2.24. The van der Waals surface area contributed by atoms with E-state index in [1.807, 2.05) is 0 Å². The maximum Gasteiger partial charge on any atom is 0.408 e. The highest BCUT2D eigenvalue weighted by Crippen LogP contribution is 2.22. The average molecular weight is 317 g/mol.